The van der Waals surface area contributed by atoms with Crippen molar-refractivity contribution in [2.75, 3.05) is 7.11 Å². The predicted octanol–water partition coefficient (Wildman–Crippen LogP) is 5.53. The molecule has 3 atom stereocenters. The van der Waals surface area contributed by atoms with Crippen molar-refractivity contribution in [2.45, 2.75) is 62.1 Å². The van der Waals surface area contributed by atoms with E-state index in [0.717, 1.165) is 49.3 Å². The van der Waals surface area contributed by atoms with Crippen LogP contribution in [0.5, 0.6) is 0 Å². The van der Waals surface area contributed by atoms with E-state index in [-0.39, 0.29) is 17.8 Å². The molecule has 30 heavy (non-hydrogen) atoms. The number of allylic oxidation sites excluding steroid dienone is 4. The van der Waals surface area contributed by atoms with E-state index in [1.165, 1.54) is 18.4 Å². The van der Waals surface area contributed by atoms with E-state index in [4.69, 9.17) is 14.7 Å². The highest BCUT2D eigenvalue weighted by molar-refractivity contribution is 9.09. The molecule has 0 radical (unpaired) electrons. The molecule has 6 heteroatoms. The van der Waals surface area contributed by atoms with Gasteiger partial charge in [-0.15, -0.1) is 0 Å². The zero-order valence-corrected chi connectivity index (χ0v) is 19.1. The third-order valence-corrected chi connectivity index (χ3v) is 6.79. The van der Waals surface area contributed by atoms with Crippen LogP contribution in [0.1, 0.15) is 67.6 Å². The third kappa shape index (κ3) is 4.29. The molecule has 4 rings (SSSR count). The fourth-order valence-corrected chi connectivity index (χ4v) is 5.14. The van der Waals surface area contributed by atoms with Gasteiger partial charge in [0.25, 0.3) is 0 Å². The first-order chi connectivity index (χ1) is 14.6. The van der Waals surface area contributed by atoms with Gasteiger partial charge in [-0.05, 0) is 50.3 Å². The monoisotopic (exact) mass is 469 g/mol. The molecule has 0 bridgehead atoms. The minimum atomic E-state index is -0.157. The maximum atomic E-state index is 11.8. The Morgan fingerprint density at radius 3 is 2.93 bits per heavy atom. The molecule has 1 aliphatic heterocycles. The summed E-state index contributed by atoms with van der Waals surface area (Å²) in [6.45, 7) is 2.11. The molecule has 5 nitrogen and oxygen atoms in total. The number of methoxy groups -OCH3 is 1. The second-order valence-corrected chi connectivity index (χ2v) is 9.28. The average molecular weight is 470 g/mol. The lowest BCUT2D eigenvalue weighted by Gasteiger charge is -2.28. The minimum absolute atomic E-state index is 0.157. The average Bonchev–Trinajstić information content (AvgIpc) is 3.16. The quantitative estimate of drug-likeness (QED) is 0.436. The number of carbonyl (C=O) groups is 1. The Labute approximate surface area is 186 Å². The molecule has 0 aromatic carbocycles. The van der Waals surface area contributed by atoms with Crippen LogP contribution in [-0.4, -0.2) is 32.4 Å². The van der Waals surface area contributed by atoms with Crippen LogP contribution in [0.2, 0.25) is 0 Å². The smallest absolute Gasteiger partial charge is 0.305 e. The van der Waals surface area contributed by atoms with Crippen molar-refractivity contribution in [3.8, 4) is 0 Å². The predicted molar refractivity (Wildman–Crippen MR) is 121 cm³/mol. The molecule has 0 saturated carbocycles. The molecular formula is C24H28BrN3O2. The van der Waals surface area contributed by atoms with Gasteiger partial charge in [-0.3, -0.25) is 9.78 Å². The Balaban J connectivity index is 1.78. The lowest BCUT2D eigenvalue weighted by Crippen LogP contribution is -2.17. The van der Waals surface area contributed by atoms with E-state index in [0.29, 0.717) is 11.2 Å². The Kier molecular flexibility index (Phi) is 6.52. The number of rotatable bonds is 4. The lowest BCUT2D eigenvalue weighted by atomic mass is 9.84. The summed E-state index contributed by atoms with van der Waals surface area (Å²) in [6.07, 6.45) is 13.7. The van der Waals surface area contributed by atoms with E-state index in [9.17, 15) is 4.79 Å². The first-order valence-corrected chi connectivity index (χ1v) is 11.6. The van der Waals surface area contributed by atoms with Gasteiger partial charge in [0.05, 0.1) is 7.11 Å². The molecule has 3 heterocycles. The Bertz CT molecular complexity index is 964. The second-order valence-electron chi connectivity index (χ2n) is 8.11. The number of pyridine rings is 1. The molecular weight excluding hydrogens is 442 g/mol. The molecule has 1 aliphatic carbocycles. The molecule has 2 aromatic rings. The Hall–Kier alpha value is -2.21. The summed E-state index contributed by atoms with van der Waals surface area (Å²) in [5.74, 6) is 1.37. The number of hydrogen-bond donors (Lipinski definition) is 0. The van der Waals surface area contributed by atoms with Gasteiger partial charge in [-0.25, -0.2) is 4.98 Å². The van der Waals surface area contributed by atoms with Crippen LogP contribution < -0.4 is 0 Å². The summed E-state index contributed by atoms with van der Waals surface area (Å²) in [4.78, 5) is 21.7. The molecule has 158 valence electrons. The van der Waals surface area contributed by atoms with Crippen molar-refractivity contribution in [3.05, 3.63) is 65.5 Å². The van der Waals surface area contributed by atoms with Gasteiger partial charge < -0.3 is 9.30 Å². The van der Waals surface area contributed by atoms with E-state index in [2.05, 4.69) is 51.7 Å². The van der Waals surface area contributed by atoms with Gasteiger partial charge in [-0.1, -0.05) is 40.6 Å². The van der Waals surface area contributed by atoms with Crippen LogP contribution in [0.4, 0.5) is 0 Å². The van der Waals surface area contributed by atoms with Crippen molar-refractivity contribution >= 4 is 27.6 Å². The molecule has 0 amide bonds. The van der Waals surface area contributed by atoms with Crippen molar-refractivity contribution < 1.29 is 9.53 Å². The number of esters is 1. The number of carbonyl (C=O) groups excluding carboxylic acids is 1. The zero-order valence-electron chi connectivity index (χ0n) is 17.6. The number of hydrogen-bond acceptors (Lipinski definition) is 4. The summed E-state index contributed by atoms with van der Waals surface area (Å²) in [5, 5.41) is 0. The fourth-order valence-electron chi connectivity index (χ4n) is 4.67. The van der Waals surface area contributed by atoms with Gasteiger partial charge in [0, 0.05) is 52.6 Å². The van der Waals surface area contributed by atoms with Crippen molar-refractivity contribution in [1.29, 1.82) is 0 Å². The van der Waals surface area contributed by atoms with E-state index >= 15 is 0 Å². The molecule has 0 saturated heterocycles. The van der Waals surface area contributed by atoms with Crippen LogP contribution in [0.25, 0.3) is 5.70 Å². The Morgan fingerprint density at radius 2 is 2.17 bits per heavy atom. The number of halogens is 1. The van der Waals surface area contributed by atoms with Gasteiger partial charge in [-0.2, -0.15) is 0 Å². The fraction of sp³-hybridized carbons (Fsp3) is 0.458. The molecule has 2 unspecified atom stereocenters. The summed E-state index contributed by atoms with van der Waals surface area (Å²) < 4.78 is 7.20. The van der Waals surface area contributed by atoms with Crippen LogP contribution in [0.3, 0.4) is 0 Å². The number of nitrogens with zero attached hydrogens (tertiary/aromatic N) is 3. The van der Waals surface area contributed by atoms with Gasteiger partial charge in [0.2, 0.25) is 0 Å². The third-order valence-electron chi connectivity index (χ3n) is 6.15. The maximum Gasteiger partial charge on any atom is 0.305 e. The highest BCUT2D eigenvalue weighted by atomic mass is 79.9. The minimum Gasteiger partial charge on any atom is -0.469 e. The number of alkyl halides is 1. The molecule has 2 aromatic heterocycles. The first-order valence-electron chi connectivity index (χ1n) is 10.7. The summed E-state index contributed by atoms with van der Waals surface area (Å²) in [6, 6.07) is 6.18. The topological polar surface area (TPSA) is 57.0 Å². The molecule has 2 aliphatic rings. The van der Waals surface area contributed by atoms with Crippen LogP contribution in [-0.2, 0) is 9.53 Å². The number of aryl methyl sites for hydroxylation is 1. The zero-order chi connectivity index (χ0) is 21.1. The number of ether oxygens (including phenoxy) is 1. The van der Waals surface area contributed by atoms with Crippen molar-refractivity contribution in [3.63, 3.8) is 0 Å². The van der Waals surface area contributed by atoms with E-state index in [1.807, 2.05) is 18.5 Å². The van der Waals surface area contributed by atoms with Crippen LogP contribution >= 0.6 is 15.9 Å². The molecule has 0 N–H and O–H groups in total. The highest BCUT2D eigenvalue weighted by Gasteiger charge is 2.31. The van der Waals surface area contributed by atoms with E-state index in [1.54, 1.807) is 0 Å². The standard InChI is InChI=1S/C24H28BrN3O2/c1-16-15-27-24-17(9-12-23(29)30-2)6-5-7-19(21-8-3-4-13-26-21)20-14-18(25)10-11-22(20)28(16)24/h3-4,8,11,13-15,17-19H,5-7,9-10,12H2,1-2H3/t17-,18?,19?/m0/s1. The van der Waals surface area contributed by atoms with Crippen molar-refractivity contribution in [2.24, 2.45) is 0 Å². The van der Waals surface area contributed by atoms with Gasteiger partial charge in [0.1, 0.15) is 5.82 Å². The second kappa shape index (κ2) is 9.29. The number of aromatic nitrogens is 3. The number of imidazole rings is 1. The molecule has 0 spiro atoms. The largest absolute Gasteiger partial charge is 0.469 e. The van der Waals surface area contributed by atoms with E-state index < -0.39 is 0 Å². The SMILES string of the molecule is COC(=O)CC[C@@H]1CCCC(c2ccccn2)C2=CC(Br)CC=C2n2c(C)cnc21. The summed E-state index contributed by atoms with van der Waals surface area (Å²) >= 11 is 3.81. The number of fused-ring (bicyclic) bond motifs is 3. The first kappa shape index (κ1) is 21.0. The lowest BCUT2D eigenvalue weighted by molar-refractivity contribution is -0.140. The van der Waals surface area contributed by atoms with Crippen LogP contribution in [0, 0.1) is 6.92 Å². The normalized spacial score (nSPS) is 23.8. The highest BCUT2D eigenvalue weighted by Crippen LogP contribution is 2.43. The molecule has 0 fully saturated rings. The Morgan fingerprint density at radius 1 is 1.30 bits per heavy atom. The van der Waals surface area contributed by atoms with Crippen LogP contribution in [0.15, 0.2) is 48.3 Å². The van der Waals surface area contributed by atoms with Gasteiger partial charge in [0.15, 0.2) is 0 Å². The summed E-state index contributed by atoms with van der Waals surface area (Å²) in [5.41, 5.74) is 4.78. The summed E-state index contributed by atoms with van der Waals surface area (Å²) in [7, 11) is 1.45. The van der Waals surface area contributed by atoms with Crippen molar-refractivity contribution in [1.82, 2.24) is 14.5 Å². The maximum absolute atomic E-state index is 11.8. The van der Waals surface area contributed by atoms with Gasteiger partial charge >= 0.3 is 5.97 Å².